The highest BCUT2D eigenvalue weighted by atomic mass is 32.2. The second-order valence-electron chi connectivity index (χ2n) is 6.34. The Kier molecular flexibility index (Phi) is 7.92. The Bertz CT molecular complexity index is 750. The number of H-pyrrole nitrogens is 1. The number of aromatic nitrogens is 2. The molecule has 0 spiro atoms. The van der Waals surface area contributed by atoms with Gasteiger partial charge in [-0.15, -0.1) is 0 Å². The third kappa shape index (κ3) is 5.13. The lowest BCUT2D eigenvalue weighted by Crippen LogP contribution is -2.31. The summed E-state index contributed by atoms with van der Waals surface area (Å²) in [5.74, 6) is 0.514. The van der Waals surface area contributed by atoms with E-state index in [1.54, 1.807) is 11.8 Å². The van der Waals surface area contributed by atoms with E-state index in [1.165, 1.54) is 11.8 Å². The van der Waals surface area contributed by atoms with Crippen molar-refractivity contribution in [3.8, 4) is 6.07 Å². The van der Waals surface area contributed by atoms with Crippen LogP contribution in [-0.2, 0) is 22.4 Å². The molecule has 1 aliphatic heterocycles. The van der Waals surface area contributed by atoms with Crippen LogP contribution >= 0.6 is 11.8 Å². The van der Waals surface area contributed by atoms with Gasteiger partial charge >= 0.3 is 0 Å². The fraction of sp³-hybridized carbons (Fsp3) is 0.579. The quantitative estimate of drug-likeness (QED) is 0.499. The number of nitriles is 1. The number of rotatable bonds is 9. The van der Waals surface area contributed by atoms with Gasteiger partial charge in [-0.2, -0.15) is 5.26 Å². The number of amides is 2. The number of nitrogens with one attached hydrogen (secondary N) is 2. The lowest BCUT2D eigenvalue weighted by atomic mass is 10.2. The number of unbranched alkanes of at least 4 members (excludes halogenated alkanes) is 1. The van der Waals surface area contributed by atoms with Gasteiger partial charge in [-0.25, -0.2) is 4.98 Å². The molecular formula is C19H27N5O2S. The standard InChI is InChI=1S/C19H27N5O2S/c1-4-7-8-16-22-12-13(23-16)9-10-15-18(26)24(6-3)19(27-15)14(11-20)17(25)21-5-2/h12,15H,4-10H2,1-3H3,(H,21,25)(H,22,23)/b19-14-. The van der Waals surface area contributed by atoms with E-state index in [9.17, 15) is 14.9 Å². The number of aryl methyl sites for hydroxylation is 2. The maximum absolute atomic E-state index is 12.7. The summed E-state index contributed by atoms with van der Waals surface area (Å²) >= 11 is 1.32. The molecule has 1 unspecified atom stereocenters. The molecule has 1 atom stereocenters. The molecule has 0 aromatic carbocycles. The largest absolute Gasteiger partial charge is 0.352 e. The van der Waals surface area contributed by atoms with E-state index in [2.05, 4.69) is 22.2 Å². The minimum atomic E-state index is -0.427. The van der Waals surface area contributed by atoms with E-state index < -0.39 is 5.91 Å². The second-order valence-corrected chi connectivity index (χ2v) is 7.53. The minimum absolute atomic E-state index is 0.0166. The Morgan fingerprint density at radius 2 is 2.19 bits per heavy atom. The van der Waals surface area contributed by atoms with Gasteiger partial charge in [0.05, 0.1) is 5.25 Å². The molecule has 1 aromatic rings. The molecule has 0 radical (unpaired) electrons. The molecule has 8 heteroatoms. The van der Waals surface area contributed by atoms with E-state index in [0.29, 0.717) is 31.0 Å². The summed E-state index contributed by atoms with van der Waals surface area (Å²) in [4.78, 5) is 34.1. The highest BCUT2D eigenvalue weighted by Crippen LogP contribution is 2.39. The molecule has 1 fully saturated rings. The normalized spacial score (nSPS) is 18.5. The number of thioether (sulfide) groups is 1. The van der Waals surface area contributed by atoms with Crippen LogP contribution in [0.25, 0.3) is 0 Å². The molecule has 7 nitrogen and oxygen atoms in total. The lowest BCUT2D eigenvalue weighted by Gasteiger charge is -2.15. The summed E-state index contributed by atoms with van der Waals surface area (Å²) in [6.45, 7) is 6.67. The van der Waals surface area contributed by atoms with Crippen LogP contribution in [0.5, 0.6) is 0 Å². The molecule has 2 amide bonds. The molecule has 1 aromatic heterocycles. The van der Waals surface area contributed by atoms with Gasteiger partial charge in [0.15, 0.2) is 0 Å². The smallest absolute Gasteiger partial charge is 0.264 e. The van der Waals surface area contributed by atoms with E-state index in [0.717, 1.165) is 30.8 Å². The van der Waals surface area contributed by atoms with Gasteiger partial charge in [0, 0.05) is 31.4 Å². The van der Waals surface area contributed by atoms with Crippen LogP contribution in [0.15, 0.2) is 16.8 Å². The monoisotopic (exact) mass is 389 g/mol. The summed E-state index contributed by atoms with van der Waals surface area (Å²) in [6.07, 6.45) is 6.32. The summed E-state index contributed by atoms with van der Waals surface area (Å²) in [5, 5.41) is 12.2. The van der Waals surface area contributed by atoms with Crippen molar-refractivity contribution >= 4 is 23.6 Å². The maximum atomic E-state index is 12.7. The molecule has 0 aliphatic carbocycles. The molecule has 1 saturated heterocycles. The Morgan fingerprint density at radius 3 is 2.81 bits per heavy atom. The van der Waals surface area contributed by atoms with Crippen LogP contribution in [0, 0.1) is 11.3 Å². The zero-order valence-corrected chi connectivity index (χ0v) is 17.0. The number of carbonyl (C=O) groups excluding carboxylic acids is 2. The maximum Gasteiger partial charge on any atom is 0.264 e. The highest BCUT2D eigenvalue weighted by Gasteiger charge is 2.38. The van der Waals surface area contributed by atoms with Crippen molar-refractivity contribution in [2.24, 2.45) is 0 Å². The number of imidazole rings is 1. The van der Waals surface area contributed by atoms with Crippen molar-refractivity contribution in [1.82, 2.24) is 20.2 Å². The van der Waals surface area contributed by atoms with Crippen LogP contribution in [0.1, 0.15) is 51.6 Å². The fourth-order valence-electron chi connectivity index (χ4n) is 2.93. The van der Waals surface area contributed by atoms with Gasteiger partial charge in [0.1, 0.15) is 22.5 Å². The van der Waals surface area contributed by atoms with Crippen molar-refractivity contribution in [2.75, 3.05) is 13.1 Å². The number of hydrogen-bond acceptors (Lipinski definition) is 5. The van der Waals surface area contributed by atoms with Crippen molar-refractivity contribution < 1.29 is 9.59 Å². The predicted octanol–water partition coefficient (Wildman–Crippen LogP) is 2.52. The zero-order valence-electron chi connectivity index (χ0n) is 16.2. The van der Waals surface area contributed by atoms with Crippen molar-refractivity contribution in [3.63, 3.8) is 0 Å². The third-order valence-electron chi connectivity index (χ3n) is 4.37. The summed E-state index contributed by atoms with van der Waals surface area (Å²) < 4.78 is 0. The molecule has 2 heterocycles. The van der Waals surface area contributed by atoms with Gasteiger partial charge < -0.3 is 15.2 Å². The summed E-state index contributed by atoms with van der Waals surface area (Å²) in [6, 6.07) is 1.97. The molecule has 146 valence electrons. The van der Waals surface area contributed by atoms with Gasteiger partial charge in [0.2, 0.25) is 5.91 Å². The van der Waals surface area contributed by atoms with Crippen LogP contribution in [-0.4, -0.2) is 45.0 Å². The SMILES string of the molecule is CCCCc1ncc(CCC2S/C(=C(/C#N)C(=O)NCC)N(CC)C2=O)[nH]1. The molecule has 1 aliphatic rings. The second kappa shape index (κ2) is 10.2. The number of likely N-dealkylation sites (N-methyl/N-ethyl adjacent to an activating group) is 1. The molecule has 0 bridgehead atoms. The molecule has 2 rings (SSSR count). The third-order valence-corrected chi connectivity index (χ3v) is 5.74. The Labute approximate surface area is 164 Å². The van der Waals surface area contributed by atoms with Gasteiger partial charge in [0.25, 0.3) is 5.91 Å². The van der Waals surface area contributed by atoms with E-state index in [1.807, 2.05) is 19.2 Å². The van der Waals surface area contributed by atoms with Gasteiger partial charge in [-0.3, -0.25) is 9.59 Å². The summed E-state index contributed by atoms with van der Waals surface area (Å²) in [7, 11) is 0. The predicted molar refractivity (Wildman–Crippen MR) is 106 cm³/mol. The fourth-order valence-corrected chi connectivity index (χ4v) is 4.27. The van der Waals surface area contributed by atoms with Crippen molar-refractivity contribution in [1.29, 1.82) is 5.26 Å². The first-order valence-electron chi connectivity index (χ1n) is 9.48. The average Bonchev–Trinajstić information content (AvgIpc) is 3.23. The minimum Gasteiger partial charge on any atom is -0.352 e. The topological polar surface area (TPSA) is 102 Å². The number of aromatic amines is 1. The Balaban J connectivity index is 2.08. The molecular weight excluding hydrogens is 362 g/mol. The highest BCUT2D eigenvalue weighted by molar-refractivity contribution is 8.04. The van der Waals surface area contributed by atoms with E-state index >= 15 is 0 Å². The number of carbonyl (C=O) groups is 2. The van der Waals surface area contributed by atoms with Crippen LogP contribution in [0.4, 0.5) is 0 Å². The molecule has 2 N–H and O–H groups in total. The van der Waals surface area contributed by atoms with Gasteiger partial charge in [-0.05, 0) is 33.1 Å². The van der Waals surface area contributed by atoms with Gasteiger partial charge in [-0.1, -0.05) is 25.1 Å². The lowest BCUT2D eigenvalue weighted by molar-refractivity contribution is -0.127. The van der Waals surface area contributed by atoms with Crippen LogP contribution in [0.2, 0.25) is 0 Å². The first kappa shape index (κ1) is 21.0. The average molecular weight is 390 g/mol. The van der Waals surface area contributed by atoms with Crippen molar-refractivity contribution in [2.45, 2.75) is 58.1 Å². The summed E-state index contributed by atoms with van der Waals surface area (Å²) in [5.41, 5.74) is 1.03. The Hall–Kier alpha value is -2.27. The number of nitrogens with zero attached hydrogens (tertiary/aromatic N) is 3. The van der Waals surface area contributed by atoms with Crippen LogP contribution < -0.4 is 5.32 Å². The first-order chi connectivity index (χ1) is 13.0. The number of hydrogen-bond donors (Lipinski definition) is 2. The van der Waals surface area contributed by atoms with E-state index in [-0.39, 0.29) is 16.7 Å². The van der Waals surface area contributed by atoms with Crippen LogP contribution in [0.3, 0.4) is 0 Å². The Morgan fingerprint density at radius 1 is 1.41 bits per heavy atom. The molecule has 27 heavy (non-hydrogen) atoms. The van der Waals surface area contributed by atoms with E-state index in [4.69, 9.17) is 0 Å². The van der Waals surface area contributed by atoms with Crippen molar-refractivity contribution in [3.05, 3.63) is 28.3 Å². The first-order valence-corrected chi connectivity index (χ1v) is 10.4. The molecule has 0 saturated carbocycles. The zero-order chi connectivity index (χ0) is 19.8.